The molecule has 0 aliphatic rings. The van der Waals surface area contributed by atoms with Crippen molar-refractivity contribution in [3.63, 3.8) is 0 Å². The van der Waals surface area contributed by atoms with Crippen LogP contribution >= 0.6 is 0 Å². The Morgan fingerprint density at radius 2 is 2.07 bits per heavy atom. The van der Waals surface area contributed by atoms with Crippen LogP contribution in [0.3, 0.4) is 0 Å². The molecule has 0 spiro atoms. The normalized spacial score (nSPS) is 10.2. The quantitative estimate of drug-likeness (QED) is 0.719. The van der Waals surface area contributed by atoms with Gasteiger partial charge in [0.2, 0.25) is 0 Å². The number of carbonyl (C=O) groups excluding carboxylic acids is 1. The Balaban J connectivity index is 3.09. The predicted molar refractivity (Wildman–Crippen MR) is 46.3 cm³/mol. The minimum Gasteiger partial charge on any atom is -0.505 e. The van der Waals surface area contributed by atoms with Crippen LogP contribution in [0.15, 0.2) is 12.1 Å². The molecule has 0 radical (unpaired) electrons. The van der Waals surface area contributed by atoms with E-state index in [2.05, 4.69) is 5.32 Å². The third-order valence-electron chi connectivity index (χ3n) is 1.67. The number of hydrogen-bond donors (Lipinski definition) is 2. The van der Waals surface area contributed by atoms with Crippen molar-refractivity contribution >= 4 is 5.78 Å². The van der Waals surface area contributed by atoms with Gasteiger partial charge in [-0.1, -0.05) is 0 Å². The molecule has 1 aromatic carbocycles. The number of benzene rings is 1. The number of aromatic hydroxyl groups is 1. The molecule has 1 rings (SSSR count). The van der Waals surface area contributed by atoms with Gasteiger partial charge in [0.05, 0.1) is 12.1 Å². The highest BCUT2D eigenvalue weighted by atomic mass is 19.1. The molecule has 0 unspecified atom stereocenters. The highest BCUT2D eigenvalue weighted by Gasteiger charge is 2.14. The van der Waals surface area contributed by atoms with Crippen LogP contribution < -0.4 is 5.32 Å². The zero-order valence-corrected chi connectivity index (χ0v) is 7.47. The average molecular weight is 201 g/mol. The Labute approximate surface area is 79.4 Å². The van der Waals surface area contributed by atoms with Gasteiger partial charge in [0.1, 0.15) is 5.82 Å². The monoisotopic (exact) mass is 201 g/mol. The fourth-order valence-electron chi connectivity index (χ4n) is 1.01. The molecule has 2 N–H and O–H groups in total. The van der Waals surface area contributed by atoms with Crippen molar-refractivity contribution in [2.75, 3.05) is 13.6 Å². The number of likely N-dealkylation sites (N-methyl/N-ethyl adjacent to an activating group) is 1. The van der Waals surface area contributed by atoms with Crippen LogP contribution in [0.5, 0.6) is 5.75 Å². The second kappa shape index (κ2) is 4.15. The van der Waals surface area contributed by atoms with E-state index in [0.29, 0.717) is 12.1 Å². The molecule has 0 bridgehead atoms. The topological polar surface area (TPSA) is 49.3 Å². The van der Waals surface area contributed by atoms with Crippen LogP contribution in [0, 0.1) is 11.6 Å². The van der Waals surface area contributed by atoms with Crippen molar-refractivity contribution in [2.45, 2.75) is 0 Å². The summed E-state index contributed by atoms with van der Waals surface area (Å²) in [7, 11) is 1.52. The van der Waals surface area contributed by atoms with Gasteiger partial charge in [0.15, 0.2) is 17.3 Å². The molecule has 0 aliphatic heterocycles. The molecule has 0 amide bonds. The van der Waals surface area contributed by atoms with Crippen LogP contribution in [0.25, 0.3) is 0 Å². The molecule has 0 saturated heterocycles. The first-order valence-electron chi connectivity index (χ1n) is 3.92. The van der Waals surface area contributed by atoms with Gasteiger partial charge >= 0.3 is 0 Å². The molecule has 5 heteroatoms. The summed E-state index contributed by atoms with van der Waals surface area (Å²) in [5, 5.41) is 11.3. The number of phenols is 1. The summed E-state index contributed by atoms with van der Waals surface area (Å²) in [5.41, 5.74) is -0.366. The summed E-state index contributed by atoms with van der Waals surface area (Å²) < 4.78 is 25.8. The number of hydrogen-bond acceptors (Lipinski definition) is 3. The lowest BCUT2D eigenvalue weighted by molar-refractivity contribution is 0.0989. The Hall–Kier alpha value is -1.49. The summed E-state index contributed by atoms with van der Waals surface area (Å²) in [4.78, 5) is 11.2. The van der Waals surface area contributed by atoms with E-state index in [4.69, 9.17) is 5.11 Å². The largest absolute Gasteiger partial charge is 0.505 e. The highest BCUT2D eigenvalue weighted by Crippen LogP contribution is 2.20. The SMILES string of the molecule is CNCC(=O)c1cc(F)c(O)cc1F. The van der Waals surface area contributed by atoms with Crippen LogP contribution in [-0.4, -0.2) is 24.5 Å². The zero-order valence-electron chi connectivity index (χ0n) is 7.47. The number of Topliss-reactive ketones (excluding diaryl/α,β-unsaturated/α-hetero) is 1. The third kappa shape index (κ3) is 2.05. The molecule has 0 fully saturated rings. The second-order valence-corrected chi connectivity index (χ2v) is 2.74. The zero-order chi connectivity index (χ0) is 10.7. The van der Waals surface area contributed by atoms with E-state index in [1.54, 1.807) is 0 Å². The molecule has 3 nitrogen and oxygen atoms in total. The van der Waals surface area contributed by atoms with E-state index in [1.807, 2.05) is 0 Å². The van der Waals surface area contributed by atoms with Gasteiger partial charge in [-0.3, -0.25) is 4.79 Å². The number of phenolic OH excluding ortho intramolecular Hbond substituents is 1. The molecular formula is C9H9F2NO2. The number of rotatable bonds is 3. The van der Waals surface area contributed by atoms with E-state index in [0.717, 1.165) is 0 Å². The molecule has 0 saturated carbocycles. The Kier molecular flexibility index (Phi) is 3.14. The first-order valence-corrected chi connectivity index (χ1v) is 3.92. The molecule has 14 heavy (non-hydrogen) atoms. The molecule has 0 aromatic heterocycles. The lowest BCUT2D eigenvalue weighted by Crippen LogP contribution is -2.19. The average Bonchev–Trinajstić information content (AvgIpc) is 2.11. The van der Waals surface area contributed by atoms with Crippen LogP contribution in [-0.2, 0) is 0 Å². The van der Waals surface area contributed by atoms with Gasteiger partial charge in [-0.05, 0) is 13.1 Å². The van der Waals surface area contributed by atoms with Crippen molar-refractivity contribution in [3.8, 4) is 5.75 Å². The minimum absolute atomic E-state index is 0.0822. The van der Waals surface area contributed by atoms with E-state index < -0.39 is 23.2 Å². The van der Waals surface area contributed by atoms with Crippen molar-refractivity contribution in [1.82, 2.24) is 5.32 Å². The first-order chi connectivity index (χ1) is 6.56. The van der Waals surface area contributed by atoms with E-state index in [1.165, 1.54) is 7.05 Å². The summed E-state index contributed by atoms with van der Waals surface area (Å²) in [6.07, 6.45) is 0. The first kappa shape index (κ1) is 10.6. The standard InChI is InChI=1S/C9H9F2NO2/c1-12-4-9(14)5-2-7(11)8(13)3-6(5)10/h2-3,12-13H,4H2,1H3. The number of nitrogens with one attached hydrogen (secondary N) is 1. The lowest BCUT2D eigenvalue weighted by atomic mass is 10.1. The van der Waals surface area contributed by atoms with Crippen LogP contribution in [0.1, 0.15) is 10.4 Å². The van der Waals surface area contributed by atoms with Gasteiger partial charge in [-0.25, -0.2) is 8.78 Å². The molecular weight excluding hydrogens is 192 g/mol. The maximum absolute atomic E-state index is 13.0. The van der Waals surface area contributed by atoms with Crippen molar-refractivity contribution in [2.24, 2.45) is 0 Å². The Morgan fingerprint density at radius 1 is 1.43 bits per heavy atom. The van der Waals surface area contributed by atoms with Gasteiger partial charge in [0, 0.05) is 6.07 Å². The smallest absolute Gasteiger partial charge is 0.179 e. The highest BCUT2D eigenvalue weighted by molar-refractivity contribution is 5.98. The van der Waals surface area contributed by atoms with Gasteiger partial charge in [-0.2, -0.15) is 0 Å². The number of carbonyl (C=O) groups is 1. The Bertz CT molecular complexity index is 366. The summed E-state index contributed by atoms with van der Waals surface area (Å²) in [5.74, 6) is -3.30. The minimum atomic E-state index is -1.01. The molecule has 0 aliphatic carbocycles. The fraction of sp³-hybridized carbons (Fsp3) is 0.222. The van der Waals surface area contributed by atoms with E-state index >= 15 is 0 Å². The third-order valence-corrected chi connectivity index (χ3v) is 1.67. The van der Waals surface area contributed by atoms with Crippen molar-refractivity contribution < 1.29 is 18.7 Å². The number of ketones is 1. The second-order valence-electron chi connectivity index (χ2n) is 2.74. The van der Waals surface area contributed by atoms with Gasteiger partial charge in [-0.15, -0.1) is 0 Å². The van der Waals surface area contributed by atoms with E-state index in [9.17, 15) is 13.6 Å². The maximum Gasteiger partial charge on any atom is 0.179 e. The molecule has 76 valence electrons. The molecule has 1 aromatic rings. The summed E-state index contributed by atoms with van der Waals surface area (Å²) in [6.45, 7) is -0.0822. The van der Waals surface area contributed by atoms with Gasteiger partial charge in [0.25, 0.3) is 0 Å². The van der Waals surface area contributed by atoms with Crippen LogP contribution in [0.4, 0.5) is 8.78 Å². The van der Waals surface area contributed by atoms with Crippen molar-refractivity contribution in [3.05, 3.63) is 29.3 Å². The summed E-state index contributed by atoms with van der Waals surface area (Å²) in [6, 6.07) is 1.27. The van der Waals surface area contributed by atoms with Crippen molar-refractivity contribution in [1.29, 1.82) is 0 Å². The number of halogens is 2. The Morgan fingerprint density at radius 3 is 2.64 bits per heavy atom. The van der Waals surface area contributed by atoms with Gasteiger partial charge < -0.3 is 10.4 Å². The molecule has 0 atom stereocenters. The lowest BCUT2D eigenvalue weighted by Gasteiger charge is -2.03. The summed E-state index contributed by atoms with van der Waals surface area (Å²) >= 11 is 0. The maximum atomic E-state index is 13.0. The predicted octanol–water partition coefficient (Wildman–Crippen LogP) is 1.07. The van der Waals surface area contributed by atoms with Crippen LogP contribution in [0.2, 0.25) is 0 Å². The van der Waals surface area contributed by atoms with E-state index in [-0.39, 0.29) is 12.1 Å². The molecule has 0 heterocycles. The fourth-order valence-corrected chi connectivity index (χ4v) is 1.01.